The molecule has 0 bridgehead atoms. The number of allylic oxidation sites excluding steroid dienone is 1. The van der Waals surface area contributed by atoms with Gasteiger partial charge in [-0.1, -0.05) is 86.2 Å². The molecule has 5 heteroatoms. The standard InChI is InChI=1S/C35H44N2O3/c1-23(36-37-32(39)35(40,24-10-6-4-7-11-24)25-12-8-5-9-13-25)29-16-17-30-28-15-14-26-22-27(38)18-20-33(26,2)31(28)19-21-34(29,30)3/h4-14,27-31,38,40H,15-22H2,1-3H3,(H,37,39). The molecule has 0 radical (unpaired) electrons. The van der Waals surface area contributed by atoms with Crippen LogP contribution in [0.2, 0.25) is 0 Å². The number of hydrogen-bond acceptors (Lipinski definition) is 4. The van der Waals surface area contributed by atoms with Gasteiger partial charge in [0.1, 0.15) is 0 Å². The zero-order valence-corrected chi connectivity index (χ0v) is 24.1. The van der Waals surface area contributed by atoms with E-state index >= 15 is 0 Å². The number of amides is 1. The van der Waals surface area contributed by atoms with Gasteiger partial charge in [0, 0.05) is 11.6 Å². The molecule has 1 amide bonds. The summed E-state index contributed by atoms with van der Waals surface area (Å²) in [5.41, 5.74) is 4.85. The molecule has 0 aromatic heterocycles. The average Bonchev–Trinajstić information content (AvgIpc) is 3.34. The number of nitrogens with one attached hydrogen (secondary N) is 1. The number of benzene rings is 2. The van der Waals surface area contributed by atoms with Crippen LogP contribution in [0.3, 0.4) is 0 Å². The van der Waals surface area contributed by atoms with Gasteiger partial charge in [-0.2, -0.15) is 5.10 Å². The molecule has 2 aromatic carbocycles. The molecule has 3 N–H and O–H groups in total. The normalized spacial score (nSPS) is 35.7. The number of rotatable bonds is 5. The van der Waals surface area contributed by atoms with Crippen molar-refractivity contribution in [3.63, 3.8) is 0 Å². The largest absolute Gasteiger partial charge is 0.393 e. The number of fused-ring (bicyclic) bond motifs is 5. The second kappa shape index (κ2) is 10.3. The van der Waals surface area contributed by atoms with Gasteiger partial charge in [0.25, 0.3) is 5.91 Å². The van der Waals surface area contributed by atoms with Gasteiger partial charge in [-0.3, -0.25) is 4.79 Å². The molecule has 3 fully saturated rings. The molecule has 2 aromatic rings. The summed E-state index contributed by atoms with van der Waals surface area (Å²) in [6.45, 7) is 6.99. The monoisotopic (exact) mass is 540 g/mol. The van der Waals surface area contributed by atoms with E-state index in [1.54, 1.807) is 24.3 Å². The highest BCUT2D eigenvalue weighted by molar-refractivity contribution is 5.92. The van der Waals surface area contributed by atoms with E-state index < -0.39 is 11.5 Å². The van der Waals surface area contributed by atoms with Crippen LogP contribution in [0.4, 0.5) is 0 Å². The third-order valence-corrected chi connectivity index (χ3v) is 11.6. The number of hydrazone groups is 1. The lowest BCUT2D eigenvalue weighted by Gasteiger charge is -2.58. The lowest BCUT2D eigenvalue weighted by atomic mass is 9.47. The first-order valence-electron chi connectivity index (χ1n) is 15.2. The first-order valence-corrected chi connectivity index (χ1v) is 15.2. The molecule has 5 nitrogen and oxygen atoms in total. The van der Waals surface area contributed by atoms with Crippen LogP contribution in [0.15, 0.2) is 77.4 Å². The van der Waals surface area contributed by atoms with Crippen molar-refractivity contribution >= 4 is 11.6 Å². The Bertz CT molecular complexity index is 1260. The molecule has 0 heterocycles. The molecule has 4 aliphatic carbocycles. The van der Waals surface area contributed by atoms with E-state index in [-0.39, 0.29) is 16.9 Å². The van der Waals surface area contributed by atoms with Crippen molar-refractivity contribution in [2.45, 2.75) is 83.8 Å². The van der Waals surface area contributed by atoms with Gasteiger partial charge in [0.05, 0.1) is 6.10 Å². The molecule has 4 aliphatic rings. The molecule has 3 saturated carbocycles. The Hall–Kier alpha value is -2.76. The minimum absolute atomic E-state index is 0.157. The molecule has 7 atom stereocenters. The minimum atomic E-state index is -1.83. The maximum absolute atomic E-state index is 13.6. The van der Waals surface area contributed by atoms with Crippen molar-refractivity contribution in [2.75, 3.05) is 0 Å². The molecule has 6 rings (SSSR count). The summed E-state index contributed by atoms with van der Waals surface area (Å²) in [4.78, 5) is 13.6. The Morgan fingerprint density at radius 1 is 0.925 bits per heavy atom. The highest BCUT2D eigenvalue weighted by Crippen LogP contribution is 2.66. The van der Waals surface area contributed by atoms with Gasteiger partial charge >= 0.3 is 0 Å². The molecule has 0 aliphatic heterocycles. The van der Waals surface area contributed by atoms with Crippen molar-refractivity contribution in [1.29, 1.82) is 0 Å². The summed E-state index contributed by atoms with van der Waals surface area (Å²) in [6, 6.07) is 18.2. The van der Waals surface area contributed by atoms with Gasteiger partial charge in [-0.25, -0.2) is 5.43 Å². The first-order chi connectivity index (χ1) is 19.2. The quantitative estimate of drug-likeness (QED) is 0.235. The number of nitrogens with zero attached hydrogens (tertiary/aromatic N) is 1. The molecule has 7 unspecified atom stereocenters. The molecular weight excluding hydrogens is 496 g/mol. The summed E-state index contributed by atoms with van der Waals surface area (Å²) in [6.07, 6.45) is 11.0. The number of aliphatic hydroxyl groups excluding tert-OH is 1. The van der Waals surface area contributed by atoms with E-state index in [9.17, 15) is 15.0 Å². The summed E-state index contributed by atoms with van der Waals surface area (Å²) >= 11 is 0. The smallest absolute Gasteiger partial charge is 0.281 e. The molecule has 0 saturated heterocycles. The number of hydrogen-bond donors (Lipinski definition) is 3. The third-order valence-electron chi connectivity index (χ3n) is 11.6. The fraction of sp³-hybridized carbons (Fsp3) is 0.543. The molecule has 212 valence electrons. The molecular formula is C35H44N2O3. The van der Waals surface area contributed by atoms with Crippen molar-refractivity contribution in [2.24, 2.45) is 39.6 Å². The fourth-order valence-electron chi connectivity index (χ4n) is 9.41. The van der Waals surface area contributed by atoms with E-state index in [4.69, 9.17) is 0 Å². The number of carbonyl (C=O) groups is 1. The van der Waals surface area contributed by atoms with E-state index in [2.05, 4.69) is 37.4 Å². The lowest BCUT2D eigenvalue weighted by Crippen LogP contribution is -2.51. The van der Waals surface area contributed by atoms with Crippen LogP contribution in [0.1, 0.15) is 83.3 Å². The van der Waals surface area contributed by atoms with Crippen molar-refractivity contribution in [3.8, 4) is 0 Å². The third kappa shape index (κ3) is 4.28. The van der Waals surface area contributed by atoms with Crippen LogP contribution >= 0.6 is 0 Å². The predicted molar refractivity (Wildman–Crippen MR) is 158 cm³/mol. The zero-order valence-electron chi connectivity index (χ0n) is 24.1. The maximum atomic E-state index is 13.6. The Labute approximate surface area is 238 Å². The Morgan fingerprint density at radius 3 is 2.23 bits per heavy atom. The summed E-state index contributed by atoms with van der Waals surface area (Å²) in [5.74, 6) is 1.79. The lowest BCUT2D eigenvalue weighted by molar-refractivity contribution is -0.136. The highest BCUT2D eigenvalue weighted by atomic mass is 16.3. The van der Waals surface area contributed by atoms with Crippen LogP contribution in [-0.2, 0) is 10.4 Å². The summed E-state index contributed by atoms with van der Waals surface area (Å²) in [5, 5.41) is 26.8. The Balaban J connectivity index is 1.22. The number of aliphatic hydroxyl groups is 2. The van der Waals surface area contributed by atoms with E-state index in [0.717, 1.165) is 37.8 Å². The highest BCUT2D eigenvalue weighted by Gasteiger charge is 2.59. The van der Waals surface area contributed by atoms with Gasteiger partial charge in [0.15, 0.2) is 5.60 Å². The first kappa shape index (κ1) is 27.4. The van der Waals surface area contributed by atoms with Crippen LogP contribution in [0, 0.1) is 34.5 Å². The van der Waals surface area contributed by atoms with Gasteiger partial charge in [-0.05, 0) is 98.0 Å². The Kier molecular flexibility index (Phi) is 7.03. The van der Waals surface area contributed by atoms with E-state index in [1.165, 1.54) is 24.8 Å². The summed E-state index contributed by atoms with van der Waals surface area (Å²) in [7, 11) is 0. The van der Waals surface area contributed by atoms with Crippen molar-refractivity contribution in [1.82, 2.24) is 5.43 Å². The molecule has 40 heavy (non-hydrogen) atoms. The van der Waals surface area contributed by atoms with Crippen LogP contribution in [-0.4, -0.2) is 27.9 Å². The van der Waals surface area contributed by atoms with Crippen LogP contribution < -0.4 is 5.43 Å². The number of carbonyl (C=O) groups excluding carboxylic acids is 1. The maximum Gasteiger partial charge on any atom is 0.281 e. The minimum Gasteiger partial charge on any atom is -0.393 e. The van der Waals surface area contributed by atoms with E-state index in [0.29, 0.717) is 34.8 Å². The SMILES string of the molecule is CC(=NNC(=O)C(O)(c1ccccc1)c1ccccc1)C1CCC2C3CC=C4CC(O)CCC4(C)C3CCC12C. The Morgan fingerprint density at radius 2 is 1.57 bits per heavy atom. The van der Waals surface area contributed by atoms with Crippen LogP contribution in [0.5, 0.6) is 0 Å². The average molecular weight is 541 g/mol. The van der Waals surface area contributed by atoms with Crippen molar-refractivity contribution in [3.05, 3.63) is 83.4 Å². The van der Waals surface area contributed by atoms with Gasteiger partial charge < -0.3 is 10.2 Å². The second-order valence-corrected chi connectivity index (χ2v) is 13.5. The summed E-state index contributed by atoms with van der Waals surface area (Å²) < 4.78 is 0. The predicted octanol–water partition coefficient (Wildman–Crippen LogP) is 6.35. The topological polar surface area (TPSA) is 81.9 Å². The second-order valence-electron chi connectivity index (χ2n) is 13.5. The molecule has 0 spiro atoms. The van der Waals surface area contributed by atoms with Gasteiger partial charge in [0.2, 0.25) is 0 Å². The zero-order chi connectivity index (χ0) is 28.1. The van der Waals surface area contributed by atoms with Gasteiger partial charge in [-0.15, -0.1) is 0 Å². The van der Waals surface area contributed by atoms with E-state index in [1.807, 2.05) is 36.4 Å². The van der Waals surface area contributed by atoms with Crippen LogP contribution in [0.25, 0.3) is 0 Å². The van der Waals surface area contributed by atoms with Crippen molar-refractivity contribution < 1.29 is 15.0 Å². The fourth-order valence-corrected chi connectivity index (χ4v) is 9.41.